The summed E-state index contributed by atoms with van der Waals surface area (Å²) in [6.07, 6.45) is -0.554. The summed E-state index contributed by atoms with van der Waals surface area (Å²) in [5.74, 6) is 0. The van der Waals surface area contributed by atoms with Gasteiger partial charge in [0, 0.05) is 9.47 Å². The first-order chi connectivity index (χ1) is 3.31. The molecule has 0 fully saturated rings. The molecule has 0 radical (unpaired) electrons. The molecule has 0 rings (SSSR count). The highest BCUT2D eigenvalue weighted by Crippen LogP contribution is 1.85. The molecule has 7 heavy (non-hydrogen) atoms. The van der Waals surface area contributed by atoms with E-state index in [4.69, 9.17) is 5.11 Å². The van der Waals surface area contributed by atoms with Crippen molar-refractivity contribution < 1.29 is 14.4 Å². The second-order valence-electron chi connectivity index (χ2n) is 1.04. The van der Waals surface area contributed by atoms with Crippen molar-refractivity contribution in [2.75, 3.05) is 6.61 Å². The number of aldehydes is 1. The normalized spacial score (nSPS) is 13.4. The fourth-order valence-corrected chi connectivity index (χ4v) is 0.335. The summed E-state index contributed by atoms with van der Waals surface area (Å²) in [5, 5.41) is 8.35. The summed E-state index contributed by atoms with van der Waals surface area (Å²) in [4.78, 5) is 9.56. The highest BCUT2D eigenvalue weighted by atomic mass is 31.0. The van der Waals surface area contributed by atoms with E-state index in [0.29, 0.717) is 6.29 Å². The van der Waals surface area contributed by atoms with Crippen LogP contribution in [0.3, 0.4) is 0 Å². The van der Waals surface area contributed by atoms with E-state index in [1.54, 1.807) is 0 Å². The quantitative estimate of drug-likeness (QED) is 0.399. The third kappa shape index (κ3) is 3.86. The molecular formula is C3H7O3P. The maximum atomic E-state index is 9.56. The standard InChI is InChI=1S/C3H7O3P/c4-1-3(5)2-6-7/h1,3,5H,2,7H2/t3-/m0/s1. The molecule has 1 N–H and O–H groups in total. The number of aliphatic hydroxyl groups is 1. The van der Waals surface area contributed by atoms with Gasteiger partial charge in [-0.05, 0) is 0 Å². The summed E-state index contributed by atoms with van der Waals surface area (Å²) in [7, 11) is 1.93. The van der Waals surface area contributed by atoms with Crippen LogP contribution in [0.15, 0.2) is 0 Å². The molecule has 0 spiro atoms. The van der Waals surface area contributed by atoms with E-state index in [1.165, 1.54) is 0 Å². The number of hydrogen-bond donors (Lipinski definition) is 1. The van der Waals surface area contributed by atoms with Crippen LogP contribution in [0.5, 0.6) is 0 Å². The molecule has 0 aliphatic rings. The van der Waals surface area contributed by atoms with Crippen LogP contribution in [-0.2, 0) is 9.32 Å². The van der Waals surface area contributed by atoms with Crippen molar-refractivity contribution in [3.8, 4) is 0 Å². The largest absolute Gasteiger partial charge is 0.383 e. The van der Waals surface area contributed by atoms with Crippen LogP contribution in [0.4, 0.5) is 0 Å². The first-order valence-corrected chi connectivity index (χ1v) is 2.23. The summed E-state index contributed by atoms with van der Waals surface area (Å²) >= 11 is 0. The average molecular weight is 122 g/mol. The lowest BCUT2D eigenvalue weighted by molar-refractivity contribution is -0.115. The van der Waals surface area contributed by atoms with Gasteiger partial charge >= 0.3 is 0 Å². The Balaban J connectivity index is 2.98. The van der Waals surface area contributed by atoms with Gasteiger partial charge in [0.2, 0.25) is 0 Å². The molecule has 0 aromatic rings. The Morgan fingerprint density at radius 2 is 2.57 bits per heavy atom. The third-order valence-electron chi connectivity index (χ3n) is 0.424. The first-order valence-electron chi connectivity index (χ1n) is 1.76. The van der Waals surface area contributed by atoms with Gasteiger partial charge in [0.05, 0.1) is 6.61 Å². The minimum atomic E-state index is -0.975. The fourth-order valence-electron chi connectivity index (χ4n) is 0.138. The second-order valence-corrected chi connectivity index (χ2v) is 1.37. The van der Waals surface area contributed by atoms with Crippen LogP contribution < -0.4 is 0 Å². The minimum Gasteiger partial charge on any atom is -0.383 e. The molecule has 0 aromatic heterocycles. The molecule has 2 atom stereocenters. The molecular weight excluding hydrogens is 115 g/mol. The van der Waals surface area contributed by atoms with Crippen LogP contribution in [-0.4, -0.2) is 24.1 Å². The van der Waals surface area contributed by atoms with E-state index in [9.17, 15) is 4.79 Å². The molecule has 4 heteroatoms. The zero-order valence-electron chi connectivity index (χ0n) is 3.70. The molecule has 0 heterocycles. The predicted molar refractivity (Wildman–Crippen MR) is 27.7 cm³/mol. The Morgan fingerprint density at radius 3 is 2.71 bits per heavy atom. The van der Waals surface area contributed by atoms with Crippen molar-refractivity contribution in [1.82, 2.24) is 0 Å². The zero-order chi connectivity index (χ0) is 5.70. The fraction of sp³-hybridized carbons (Fsp3) is 0.667. The third-order valence-corrected chi connectivity index (χ3v) is 0.617. The average Bonchev–Trinajstić information content (AvgIpc) is 1.68. The van der Waals surface area contributed by atoms with Crippen molar-refractivity contribution in [3.63, 3.8) is 0 Å². The van der Waals surface area contributed by atoms with E-state index < -0.39 is 6.10 Å². The summed E-state index contributed by atoms with van der Waals surface area (Å²) in [6.45, 7) is 0.0498. The Kier molecular flexibility index (Phi) is 4.20. The smallest absolute Gasteiger partial charge is 0.150 e. The van der Waals surface area contributed by atoms with Gasteiger partial charge in [0.1, 0.15) is 6.10 Å². The number of rotatable bonds is 3. The van der Waals surface area contributed by atoms with Crippen molar-refractivity contribution in [1.29, 1.82) is 0 Å². The lowest BCUT2D eigenvalue weighted by Crippen LogP contribution is -2.12. The maximum Gasteiger partial charge on any atom is 0.150 e. The zero-order valence-corrected chi connectivity index (χ0v) is 4.86. The van der Waals surface area contributed by atoms with Crippen molar-refractivity contribution in [3.05, 3.63) is 0 Å². The van der Waals surface area contributed by atoms with E-state index in [0.717, 1.165) is 0 Å². The number of carbonyl (C=O) groups excluding carboxylic acids is 1. The van der Waals surface area contributed by atoms with Crippen LogP contribution >= 0.6 is 9.47 Å². The van der Waals surface area contributed by atoms with Crippen molar-refractivity contribution >= 4 is 15.8 Å². The monoisotopic (exact) mass is 122 g/mol. The molecule has 0 aromatic carbocycles. The lowest BCUT2D eigenvalue weighted by atomic mass is 10.4. The molecule has 0 amide bonds. The molecule has 0 bridgehead atoms. The van der Waals surface area contributed by atoms with Gasteiger partial charge in [0.25, 0.3) is 0 Å². The van der Waals surface area contributed by atoms with Gasteiger partial charge in [-0.25, -0.2) is 0 Å². The highest BCUT2D eigenvalue weighted by Gasteiger charge is 1.96. The Bertz CT molecular complexity index is 56.1. The first kappa shape index (κ1) is 7.02. The highest BCUT2D eigenvalue weighted by molar-refractivity contribution is 7.09. The summed E-state index contributed by atoms with van der Waals surface area (Å²) < 4.78 is 4.33. The molecule has 0 saturated carbocycles. The van der Waals surface area contributed by atoms with E-state index in [-0.39, 0.29) is 6.61 Å². The SMILES string of the molecule is O=C[C@H](O)COP. The molecule has 0 saturated heterocycles. The lowest BCUT2D eigenvalue weighted by Gasteiger charge is -1.95. The van der Waals surface area contributed by atoms with Gasteiger partial charge < -0.3 is 14.4 Å². The van der Waals surface area contributed by atoms with Gasteiger partial charge in [-0.1, -0.05) is 0 Å². The van der Waals surface area contributed by atoms with Gasteiger partial charge in [0.15, 0.2) is 6.29 Å². The van der Waals surface area contributed by atoms with E-state index in [1.807, 2.05) is 9.47 Å². The van der Waals surface area contributed by atoms with Gasteiger partial charge in [-0.2, -0.15) is 0 Å². The predicted octanol–water partition coefficient (Wildman–Crippen LogP) is -0.647. The van der Waals surface area contributed by atoms with Crippen LogP contribution in [0.25, 0.3) is 0 Å². The molecule has 0 aliphatic heterocycles. The maximum absolute atomic E-state index is 9.56. The van der Waals surface area contributed by atoms with E-state index in [2.05, 4.69) is 4.52 Å². The van der Waals surface area contributed by atoms with Crippen LogP contribution in [0, 0.1) is 0 Å². The van der Waals surface area contributed by atoms with Crippen molar-refractivity contribution in [2.45, 2.75) is 6.10 Å². The van der Waals surface area contributed by atoms with Crippen molar-refractivity contribution in [2.24, 2.45) is 0 Å². The molecule has 0 aliphatic carbocycles. The van der Waals surface area contributed by atoms with Gasteiger partial charge in [-0.15, -0.1) is 0 Å². The summed E-state index contributed by atoms with van der Waals surface area (Å²) in [5.41, 5.74) is 0. The Labute approximate surface area is 44.0 Å². The van der Waals surface area contributed by atoms with Crippen LogP contribution in [0.1, 0.15) is 0 Å². The van der Waals surface area contributed by atoms with Gasteiger partial charge in [-0.3, -0.25) is 0 Å². The number of aliphatic hydroxyl groups excluding tert-OH is 1. The van der Waals surface area contributed by atoms with Crippen LogP contribution in [0.2, 0.25) is 0 Å². The van der Waals surface area contributed by atoms with E-state index >= 15 is 0 Å². The number of hydrogen-bond acceptors (Lipinski definition) is 3. The second kappa shape index (κ2) is 4.19. The number of carbonyl (C=O) groups is 1. The Hall–Kier alpha value is 0.0200. The minimum absolute atomic E-state index is 0.0498. The molecule has 1 unspecified atom stereocenters. The summed E-state index contributed by atoms with van der Waals surface area (Å²) in [6, 6.07) is 0. The molecule has 3 nitrogen and oxygen atoms in total. The Morgan fingerprint density at radius 1 is 2.00 bits per heavy atom. The molecule has 42 valence electrons. The topological polar surface area (TPSA) is 46.5 Å².